The number of hydrogen-bond donors (Lipinski definition) is 1. The molecule has 1 heterocycles. The molecule has 1 aliphatic rings. The molecule has 0 radical (unpaired) electrons. The number of amides is 1. The first-order valence-corrected chi connectivity index (χ1v) is 4.36. The standard InChI is InChI=1S/C8H10N2O.C2H6/c1-3-4-6-5-7(11)10-8(6)9-2;1-2/h3-4H,1,5H2,2H3,(H,9,10,11);1-2H3/b6-4-;. The van der Waals surface area contributed by atoms with Gasteiger partial charge in [0.15, 0.2) is 0 Å². The van der Waals surface area contributed by atoms with E-state index in [-0.39, 0.29) is 5.91 Å². The highest BCUT2D eigenvalue weighted by atomic mass is 16.1. The molecule has 1 rings (SSSR count). The number of carbonyl (C=O) groups is 1. The molecular formula is C10H16N2O. The van der Waals surface area contributed by atoms with Crippen molar-refractivity contribution in [3.05, 3.63) is 24.3 Å². The Morgan fingerprint density at radius 3 is 2.62 bits per heavy atom. The molecule has 1 aliphatic heterocycles. The number of nitrogens with zero attached hydrogens (tertiary/aromatic N) is 1. The van der Waals surface area contributed by atoms with Gasteiger partial charge in [-0.25, -0.2) is 0 Å². The summed E-state index contributed by atoms with van der Waals surface area (Å²) in [6.07, 6.45) is 3.86. The molecule has 1 fully saturated rings. The smallest absolute Gasteiger partial charge is 0.230 e. The zero-order valence-corrected chi connectivity index (χ0v) is 8.42. The van der Waals surface area contributed by atoms with Crippen molar-refractivity contribution in [1.82, 2.24) is 5.32 Å². The Balaban J connectivity index is 0.000000671. The van der Waals surface area contributed by atoms with Crippen molar-refractivity contribution in [3.8, 4) is 0 Å². The highest BCUT2D eigenvalue weighted by Crippen LogP contribution is 2.09. The summed E-state index contributed by atoms with van der Waals surface area (Å²) < 4.78 is 0. The fourth-order valence-electron chi connectivity index (χ4n) is 0.993. The molecule has 3 nitrogen and oxygen atoms in total. The third-order valence-corrected chi connectivity index (χ3v) is 1.46. The van der Waals surface area contributed by atoms with Gasteiger partial charge in [-0.15, -0.1) is 0 Å². The van der Waals surface area contributed by atoms with Gasteiger partial charge in [0.1, 0.15) is 5.84 Å². The number of allylic oxidation sites excluding steroid dienone is 2. The summed E-state index contributed by atoms with van der Waals surface area (Å²) in [5, 5.41) is 2.63. The Kier molecular flexibility index (Phi) is 5.52. The molecule has 0 aromatic carbocycles. The minimum atomic E-state index is -0.00120. The zero-order chi connectivity index (χ0) is 10.3. The number of aliphatic imine (C=N–C) groups is 1. The highest BCUT2D eigenvalue weighted by Gasteiger charge is 2.20. The molecule has 13 heavy (non-hydrogen) atoms. The van der Waals surface area contributed by atoms with Crippen molar-refractivity contribution in [2.24, 2.45) is 4.99 Å². The summed E-state index contributed by atoms with van der Waals surface area (Å²) >= 11 is 0. The number of nitrogens with one attached hydrogen (secondary N) is 1. The lowest BCUT2D eigenvalue weighted by Crippen LogP contribution is -2.19. The van der Waals surface area contributed by atoms with Crippen molar-refractivity contribution >= 4 is 11.7 Å². The van der Waals surface area contributed by atoms with Crippen LogP contribution < -0.4 is 5.32 Å². The maximum absolute atomic E-state index is 10.8. The van der Waals surface area contributed by atoms with Crippen LogP contribution in [0, 0.1) is 0 Å². The van der Waals surface area contributed by atoms with Crippen LogP contribution in [-0.4, -0.2) is 18.8 Å². The van der Waals surface area contributed by atoms with E-state index >= 15 is 0 Å². The number of hydrogen-bond acceptors (Lipinski definition) is 2. The van der Waals surface area contributed by atoms with Crippen LogP contribution in [0.15, 0.2) is 29.3 Å². The average molecular weight is 180 g/mol. The lowest BCUT2D eigenvalue weighted by Gasteiger charge is -1.93. The zero-order valence-electron chi connectivity index (χ0n) is 8.42. The summed E-state index contributed by atoms with van der Waals surface area (Å²) in [6, 6.07) is 0. The van der Waals surface area contributed by atoms with Crippen molar-refractivity contribution < 1.29 is 4.79 Å². The minimum absolute atomic E-state index is 0.00120. The van der Waals surface area contributed by atoms with Crippen molar-refractivity contribution in [1.29, 1.82) is 0 Å². The van der Waals surface area contributed by atoms with Gasteiger partial charge in [-0.3, -0.25) is 9.79 Å². The molecule has 0 unspecified atom stereocenters. The SMILES string of the molecule is C=C/C=C1/CC(=O)NC1=NC.CC. The molecule has 0 spiro atoms. The van der Waals surface area contributed by atoms with E-state index in [9.17, 15) is 4.79 Å². The topological polar surface area (TPSA) is 41.5 Å². The predicted octanol–water partition coefficient (Wildman–Crippen LogP) is 1.67. The maximum atomic E-state index is 10.8. The molecule has 0 aromatic heterocycles. The maximum Gasteiger partial charge on any atom is 0.230 e. The quantitative estimate of drug-likeness (QED) is 0.655. The van der Waals surface area contributed by atoms with Crippen LogP contribution in [0.2, 0.25) is 0 Å². The first-order chi connectivity index (χ1) is 6.27. The van der Waals surface area contributed by atoms with Crippen LogP contribution in [0.5, 0.6) is 0 Å². The van der Waals surface area contributed by atoms with E-state index in [1.54, 1.807) is 19.2 Å². The minimum Gasteiger partial charge on any atom is -0.310 e. The fourth-order valence-corrected chi connectivity index (χ4v) is 0.993. The predicted molar refractivity (Wildman–Crippen MR) is 55.7 cm³/mol. The van der Waals surface area contributed by atoms with Gasteiger partial charge < -0.3 is 5.32 Å². The van der Waals surface area contributed by atoms with Gasteiger partial charge in [-0.2, -0.15) is 0 Å². The van der Waals surface area contributed by atoms with Crippen molar-refractivity contribution in [2.75, 3.05) is 7.05 Å². The van der Waals surface area contributed by atoms with Crippen LogP contribution >= 0.6 is 0 Å². The second kappa shape index (κ2) is 6.17. The van der Waals surface area contributed by atoms with Crippen molar-refractivity contribution in [3.63, 3.8) is 0 Å². The second-order valence-electron chi connectivity index (χ2n) is 2.22. The Labute approximate surface area is 79.3 Å². The Bertz CT molecular complexity index is 252. The molecule has 0 aliphatic carbocycles. The monoisotopic (exact) mass is 180 g/mol. The number of amidine groups is 1. The van der Waals surface area contributed by atoms with Crippen molar-refractivity contribution in [2.45, 2.75) is 20.3 Å². The third-order valence-electron chi connectivity index (χ3n) is 1.46. The van der Waals surface area contributed by atoms with Crippen LogP contribution in [0.25, 0.3) is 0 Å². The number of rotatable bonds is 1. The van der Waals surface area contributed by atoms with Gasteiger partial charge >= 0.3 is 0 Å². The van der Waals surface area contributed by atoms with Crippen LogP contribution in [0.4, 0.5) is 0 Å². The van der Waals surface area contributed by atoms with Gasteiger partial charge in [0, 0.05) is 12.6 Å². The first kappa shape index (κ1) is 11.6. The Morgan fingerprint density at radius 2 is 2.15 bits per heavy atom. The highest BCUT2D eigenvalue weighted by molar-refractivity contribution is 6.16. The largest absolute Gasteiger partial charge is 0.310 e. The Hall–Kier alpha value is -1.38. The second-order valence-corrected chi connectivity index (χ2v) is 2.22. The molecule has 1 N–H and O–H groups in total. The molecule has 3 heteroatoms. The van der Waals surface area contributed by atoms with E-state index in [4.69, 9.17) is 0 Å². The first-order valence-electron chi connectivity index (χ1n) is 4.36. The van der Waals surface area contributed by atoms with Crippen LogP contribution in [0.1, 0.15) is 20.3 Å². The van der Waals surface area contributed by atoms with E-state index in [2.05, 4.69) is 16.9 Å². The lowest BCUT2D eigenvalue weighted by molar-refractivity contribution is -0.118. The molecule has 0 atom stereocenters. The molecule has 72 valence electrons. The molecule has 1 amide bonds. The van der Waals surface area contributed by atoms with Gasteiger partial charge in [0.05, 0.1) is 6.42 Å². The van der Waals surface area contributed by atoms with Crippen LogP contribution in [-0.2, 0) is 4.79 Å². The van der Waals surface area contributed by atoms with Gasteiger partial charge in [-0.05, 0) is 0 Å². The lowest BCUT2D eigenvalue weighted by atomic mass is 10.2. The van der Waals surface area contributed by atoms with Gasteiger partial charge in [-0.1, -0.05) is 32.6 Å². The Morgan fingerprint density at radius 1 is 1.54 bits per heavy atom. The van der Waals surface area contributed by atoms with Crippen LogP contribution in [0.3, 0.4) is 0 Å². The van der Waals surface area contributed by atoms with E-state index in [0.717, 1.165) is 5.57 Å². The molecule has 0 bridgehead atoms. The average Bonchev–Trinajstić information content (AvgIpc) is 2.50. The summed E-state index contributed by atoms with van der Waals surface area (Å²) in [5.41, 5.74) is 0.910. The summed E-state index contributed by atoms with van der Waals surface area (Å²) in [4.78, 5) is 14.7. The van der Waals surface area contributed by atoms with E-state index in [1.807, 2.05) is 13.8 Å². The van der Waals surface area contributed by atoms with Gasteiger partial charge in [0.25, 0.3) is 0 Å². The molecule has 1 saturated heterocycles. The number of carbonyl (C=O) groups excluding carboxylic acids is 1. The molecule has 0 aromatic rings. The van der Waals surface area contributed by atoms with E-state index < -0.39 is 0 Å². The van der Waals surface area contributed by atoms with E-state index in [0.29, 0.717) is 12.3 Å². The molecule has 0 saturated carbocycles. The summed E-state index contributed by atoms with van der Waals surface area (Å²) in [5.74, 6) is 0.661. The normalized spacial score (nSPS) is 21.0. The van der Waals surface area contributed by atoms with Gasteiger partial charge in [0.2, 0.25) is 5.91 Å². The summed E-state index contributed by atoms with van der Waals surface area (Å²) in [6.45, 7) is 7.55. The molecular weight excluding hydrogens is 164 g/mol. The fraction of sp³-hybridized carbons (Fsp3) is 0.400. The van der Waals surface area contributed by atoms with E-state index in [1.165, 1.54) is 0 Å². The summed E-state index contributed by atoms with van der Waals surface area (Å²) in [7, 11) is 1.65. The third kappa shape index (κ3) is 3.23.